The van der Waals surface area contributed by atoms with Crippen LogP contribution in [0, 0.1) is 6.92 Å². The van der Waals surface area contributed by atoms with Crippen LogP contribution in [0.2, 0.25) is 5.02 Å². The largest absolute Gasteiger partial charge is 0.354 e. The first-order valence-corrected chi connectivity index (χ1v) is 10.1. The van der Waals surface area contributed by atoms with Gasteiger partial charge in [0.15, 0.2) is 0 Å². The number of thiophene rings is 1. The Labute approximate surface area is 167 Å². The number of carbonyl (C=O) groups excluding carboxylic acids is 1. The highest BCUT2D eigenvalue weighted by Gasteiger charge is 2.19. The second kappa shape index (κ2) is 7.46. The van der Waals surface area contributed by atoms with E-state index in [1.807, 2.05) is 37.3 Å². The van der Waals surface area contributed by atoms with Crippen molar-refractivity contribution in [2.45, 2.75) is 6.92 Å². The monoisotopic (exact) mass is 400 g/mol. The van der Waals surface area contributed by atoms with Crippen molar-refractivity contribution in [1.82, 2.24) is 9.88 Å². The summed E-state index contributed by atoms with van der Waals surface area (Å²) in [6.07, 6.45) is 1.71. The quantitative estimate of drug-likeness (QED) is 0.713. The molecule has 2 aromatic heterocycles. The van der Waals surface area contributed by atoms with Gasteiger partial charge in [0.2, 0.25) is 0 Å². The fourth-order valence-electron chi connectivity index (χ4n) is 3.29. The molecule has 0 unspecified atom stereocenters. The maximum atomic E-state index is 12.7. The van der Waals surface area contributed by atoms with E-state index in [-0.39, 0.29) is 5.91 Å². The zero-order valence-electron chi connectivity index (χ0n) is 15.3. The number of benzene rings is 1. The van der Waals surface area contributed by atoms with E-state index in [2.05, 4.69) is 27.1 Å². The molecule has 1 amide bonds. The summed E-state index contributed by atoms with van der Waals surface area (Å²) in [6.45, 7) is 6.00. The molecule has 1 aromatic carbocycles. The van der Waals surface area contributed by atoms with Gasteiger partial charge in [0.1, 0.15) is 10.7 Å². The lowest BCUT2D eigenvalue weighted by molar-refractivity contribution is 0.103. The van der Waals surface area contributed by atoms with Crippen LogP contribution in [0.4, 0.5) is 11.5 Å². The molecule has 3 aromatic rings. The number of likely N-dealkylation sites (N-methyl/N-ethyl adjacent to an activating group) is 1. The van der Waals surface area contributed by atoms with E-state index in [0.717, 1.165) is 47.6 Å². The highest BCUT2D eigenvalue weighted by atomic mass is 35.5. The minimum Gasteiger partial charge on any atom is -0.354 e. The third-order valence-corrected chi connectivity index (χ3v) is 6.55. The normalized spacial score (nSPS) is 15.3. The van der Waals surface area contributed by atoms with E-state index < -0.39 is 0 Å². The number of aromatic nitrogens is 1. The molecule has 0 atom stereocenters. The summed E-state index contributed by atoms with van der Waals surface area (Å²) in [5.74, 6) is 0.742. The lowest BCUT2D eigenvalue weighted by Gasteiger charge is -2.33. The summed E-state index contributed by atoms with van der Waals surface area (Å²) in [7, 11) is 2.13. The summed E-state index contributed by atoms with van der Waals surface area (Å²) in [5, 5.41) is 4.39. The molecule has 5 nitrogen and oxygen atoms in total. The number of pyridine rings is 1. The van der Waals surface area contributed by atoms with Crippen LogP contribution in [0.5, 0.6) is 0 Å². The van der Waals surface area contributed by atoms with E-state index in [4.69, 9.17) is 11.6 Å². The van der Waals surface area contributed by atoms with Crippen LogP contribution in [0.25, 0.3) is 10.1 Å². The zero-order valence-corrected chi connectivity index (χ0v) is 16.9. The Morgan fingerprint density at radius 1 is 1.19 bits per heavy atom. The van der Waals surface area contributed by atoms with Crippen molar-refractivity contribution in [3.8, 4) is 0 Å². The number of aryl methyl sites for hydroxylation is 1. The Bertz CT molecular complexity index is 978. The molecule has 7 heteroatoms. The molecule has 1 aliphatic heterocycles. The molecular formula is C20H21ClN4OS. The van der Waals surface area contributed by atoms with Crippen LogP contribution in [-0.4, -0.2) is 49.0 Å². The number of anilines is 2. The van der Waals surface area contributed by atoms with Crippen molar-refractivity contribution in [2.24, 2.45) is 0 Å². The SMILES string of the molecule is Cc1cccc2sc(C(=O)Nc3ccc(N4CCN(C)CC4)nc3)c(Cl)c12. The van der Waals surface area contributed by atoms with Crippen molar-refractivity contribution in [1.29, 1.82) is 0 Å². The van der Waals surface area contributed by atoms with Gasteiger partial charge in [-0.15, -0.1) is 11.3 Å². The molecule has 4 rings (SSSR count). The standard InChI is InChI=1S/C20H21ClN4OS/c1-13-4-3-5-15-17(13)18(21)19(27-15)20(26)23-14-6-7-16(22-12-14)25-10-8-24(2)9-11-25/h3-7,12H,8-11H2,1-2H3,(H,23,26). The first kappa shape index (κ1) is 18.2. The Kier molecular flexibility index (Phi) is 5.04. The van der Waals surface area contributed by atoms with E-state index in [9.17, 15) is 4.79 Å². The van der Waals surface area contributed by atoms with Crippen LogP contribution in [0.15, 0.2) is 36.5 Å². The Morgan fingerprint density at radius 3 is 2.63 bits per heavy atom. The number of rotatable bonds is 3. The molecule has 140 valence electrons. The van der Waals surface area contributed by atoms with Gasteiger partial charge < -0.3 is 15.1 Å². The second-order valence-electron chi connectivity index (χ2n) is 6.84. The molecule has 1 N–H and O–H groups in total. The summed E-state index contributed by atoms with van der Waals surface area (Å²) < 4.78 is 1.02. The van der Waals surface area contributed by atoms with Gasteiger partial charge in [-0.2, -0.15) is 0 Å². The summed E-state index contributed by atoms with van der Waals surface area (Å²) >= 11 is 7.90. The predicted molar refractivity (Wildman–Crippen MR) is 113 cm³/mol. The van der Waals surface area contributed by atoms with Crippen LogP contribution in [-0.2, 0) is 0 Å². The number of nitrogens with zero attached hydrogens (tertiary/aromatic N) is 3. The first-order chi connectivity index (χ1) is 13.0. The van der Waals surface area contributed by atoms with Crippen molar-refractivity contribution in [3.63, 3.8) is 0 Å². The number of carbonyl (C=O) groups is 1. The molecular weight excluding hydrogens is 380 g/mol. The molecule has 1 saturated heterocycles. The number of fused-ring (bicyclic) bond motifs is 1. The van der Waals surface area contributed by atoms with Crippen LogP contribution >= 0.6 is 22.9 Å². The molecule has 27 heavy (non-hydrogen) atoms. The Morgan fingerprint density at radius 2 is 1.96 bits per heavy atom. The molecule has 3 heterocycles. The average Bonchev–Trinajstić information content (AvgIpc) is 3.01. The molecule has 0 radical (unpaired) electrons. The fraction of sp³-hybridized carbons (Fsp3) is 0.300. The molecule has 0 bridgehead atoms. The summed E-state index contributed by atoms with van der Waals surface area (Å²) in [5.41, 5.74) is 1.74. The highest BCUT2D eigenvalue weighted by Crippen LogP contribution is 2.37. The maximum absolute atomic E-state index is 12.7. The number of piperazine rings is 1. The van der Waals surface area contributed by atoms with E-state index in [1.54, 1.807) is 6.20 Å². The smallest absolute Gasteiger partial charge is 0.267 e. The van der Waals surface area contributed by atoms with E-state index in [1.165, 1.54) is 11.3 Å². The lowest BCUT2D eigenvalue weighted by Crippen LogP contribution is -2.44. The van der Waals surface area contributed by atoms with Gasteiger partial charge in [-0.3, -0.25) is 4.79 Å². The number of nitrogens with one attached hydrogen (secondary N) is 1. The van der Waals surface area contributed by atoms with E-state index >= 15 is 0 Å². The number of hydrogen-bond acceptors (Lipinski definition) is 5. The van der Waals surface area contributed by atoms with Crippen molar-refractivity contribution in [2.75, 3.05) is 43.4 Å². The van der Waals surface area contributed by atoms with Crippen LogP contribution < -0.4 is 10.2 Å². The molecule has 1 aliphatic rings. The molecule has 0 aliphatic carbocycles. The van der Waals surface area contributed by atoms with Gasteiger partial charge in [-0.25, -0.2) is 4.98 Å². The average molecular weight is 401 g/mol. The zero-order chi connectivity index (χ0) is 19.0. The third kappa shape index (κ3) is 3.65. The minimum atomic E-state index is -0.199. The topological polar surface area (TPSA) is 48.5 Å². The van der Waals surface area contributed by atoms with Gasteiger partial charge in [-0.1, -0.05) is 23.7 Å². The van der Waals surface area contributed by atoms with Crippen LogP contribution in [0.1, 0.15) is 15.2 Å². The number of amides is 1. The summed E-state index contributed by atoms with van der Waals surface area (Å²) in [4.78, 5) is 22.3. The highest BCUT2D eigenvalue weighted by molar-refractivity contribution is 7.21. The van der Waals surface area contributed by atoms with Crippen LogP contribution in [0.3, 0.4) is 0 Å². The van der Waals surface area contributed by atoms with Crippen molar-refractivity contribution < 1.29 is 4.79 Å². The first-order valence-electron chi connectivity index (χ1n) is 8.91. The maximum Gasteiger partial charge on any atom is 0.267 e. The van der Waals surface area contributed by atoms with Gasteiger partial charge in [0, 0.05) is 36.3 Å². The number of halogens is 1. The second-order valence-corrected chi connectivity index (χ2v) is 8.27. The molecule has 0 spiro atoms. The fourth-order valence-corrected chi connectivity index (χ4v) is 4.87. The van der Waals surface area contributed by atoms with E-state index in [0.29, 0.717) is 15.6 Å². The van der Waals surface area contributed by atoms with Gasteiger partial charge in [0.05, 0.1) is 16.9 Å². The van der Waals surface area contributed by atoms with Crippen molar-refractivity contribution in [3.05, 3.63) is 52.0 Å². The molecule has 0 saturated carbocycles. The number of hydrogen-bond donors (Lipinski definition) is 1. The van der Waals surface area contributed by atoms with Gasteiger partial charge >= 0.3 is 0 Å². The van der Waals surface area contributed by atoms with Gasteiger partial charge in [-0.05, 0) is 37.7 Å². The lowest BCUT2D eigenvalue weighted by atomic mass is 10.1. The Hall–Kier alpha value is -2.15. The Balaban J connectivity index is 1.50. The molecule has 1 fully saturated rings. The van der Waals surface area contributed by atoms with Crippen molar-refractivity contribution >= 4 is 50.4 Å². The summed E-state index contributed by atoms with van der Waals surface area (Å²) in [6, 6.07) is 9.82. The van der Waals surface area contributed by atoms with Gasteiger partial charge in [0.25, 0.3) is 5.91 Å². The predicted octanol–water partition coefficient (Wildman–Crippen LogP) is 4.26. The third-order valence-electron chi connectivity index (χ3n) is 4.90. The minimum absolute atomic E-state index is 0.199.